The number of hydrogen-bond donors (Lipinski definition) is 1. The van der Waals surface area contributed by atoms with E-state index in [2.05, 4.69) is 15.3 Å². The van der Waals surface area contributed by atoms with E-state index in [0.29, 0.717) is 11.3 Å². The number of aromatic nitrogens is 2. The first-order valence-electron chi connectivity index (χ1n) is 6.15. The predicted octanol–water partition coefficient (Wildman–Crippen LogP) is 4.04. The highest BCUT2D eigenvalue weighted by molar-refractivity contribution is 5.60. The molecule has 2 rings (SSSR count). The second-order valence-electron chi connectivity index (χ2n) is 4.61. The maximum atomic E-state index is 12.9. The van der Waals surface area contributed by atoms with E-state index in [1.807, 2.05) is 13.8 Å². The quantitative estimate of drug-likeness (QED) is 0.919. The molecule has 0 radical (unpaired) electrons. The van der Waals surface area contributed by atoms with Gasteiger partial charge in [-0.2, -0.15) is 0 Å². The number of benzene rings is 1. The molecule has 3 nitrogen and oxygen atoms in total. The van der Waals surface area contributed by atoms with Crippen LogP contribution in [0.5, 0.6) is 0 Å². The first kappa shape index (κ1) is 14.3. The van der Waals surface area contributed by atoms with Crippen LogP contribution in [0, 0.1) is 5.82 Å². The average molecular weight is 281 g/mol. The molecule has 106 valence electrons. The highest BCUT2D eigenvalue weighted by Gasteiger charge is 2.14. The lowest BCUT2D eigenvalue weighted by Gasteiger charge is -2.11. The molecule has 0 aliphatic rings. The molecule has 20 heavy (non-hydrogen) atoms. The van der Waals surface area contributed by atoms with E-state index in [4.69, 9.17) is 0 Å². The summed E-state index contributed by atoms with van der Waals surface area (Å²) >= 11 is 0. The summed E-state index contributed by atoms with van der Waals surface area (Å²) in [7, 11) is 0. The Bertz CT molecular complexity index is 583. The van der Waals surface area contributed by atoms with E-state index in [-0.39, 0.29) is 17.7 Å². The first-order chi connectivity index (χ1) is 9.45. The molecule has 0 saturated carbocycles. The lowest BCUT2D eigenvalue weighted by molar-refractivity contribution is 0.146. The summed E-state index contributed by atoms with van der Waals surface area (Å²) in [6.07, 6.45) is -2.69. The summed E-state index contributed by atoms with van der Waals surface area (Å²) in [5.74, 6) is -0.255. The van der Waals surface area contributed by atoms with Crippen LogP contribution in [0.25, 0.3) is 11.3 Å². The number of hydrogen-bond acceptors (Lipinski definition) is 3. The molecule has 1 N–H and O–H groups in total. The number of alkyl halides is 2. The van der Waals surface area contributed by atoms with Crippen LogP contribution < -0.4 is 5.32 Å². The number of nitrogens with one attached hydrogen (secondary N) is 1. The fourth-order valence-corrected chi connectivity index (χ4v) is 1.67. The Morgan fingerprint density at radius 2 is 1.70 bits per heavy atom. The van der Waals surface area contributed by atoms with Gasteiger partial charge in [-0.25, -0.2) is 23.1 Å². The van der Waals surface area contributed by atoms with Crippen LogP contribution in [-0.4, -0.2) is 16.0 Å². The first-order valence-corrected chi connectivity index (χ1v) is 6.15. The maximum Gasteiger partial charge on any atom is 0.280 e. The highest BCUT2D eigenvalue weighted by atomic mass is 19.3. The molecular formula is C14H14F3N3. The summed E-state index contributed by atoms with van der Waals surface area (Å²) in [6.45, 7) is 3.71. The van der Waals surface area contributed by atoms with Crippen LogP contribution >= 0.6 is 0 Å². The summed E-state index contributed by atoms with van der Waals surface area (Å²) in [5.41, 5.74) is 0.531. The second kappa shape index (κ2) is 5.90. The summed E-state index contributed by atoms with van der Waals surface area (Å²) in [4.78, 5) is 7.95. The SMILES string of the molecule is CC(C)Nc1nc(-c2ccc(F)cc2)cc(C(F)F)n1. The molecule has 0 fully saturated rings. The van der Waals surface area contributed by atoms with Crippen LogP contribution in [0.1, 0.15) is 26.0 Å². The topological polar surface area (TPSA) is 37.8 Å². The molecular weight excluding hydrogens is 267 g/mol. The van der Waals surface area contributed by atoms with Crippen molar-refractivity contribution >= 4 is 5.95 Å². The van der Waals surface area contributed by atoms with Crippen molar-refractivity contribution in [2.45, 2.75) is 26.3 Å². The molecule has 0 bridgehead atoms. The molecule has 1 heterocycles. The Kier molecular flexibility index (Phi) is 4.22. The average Bonchev–Trinajstić information content (AvgIpc) is 2.38. The minimum absolute atomic E-state index is 0.0176. The Morgan fingerprint density at radius 1 is 1.05 bits per heavy atom. The lowest BCUT2D eigenvalue weighted by atomic mass is 10.1. The molecule has 0 saturated heterocycles. The Morgan fingerprint density at radius 3 is 2.25 bits per heavy atom. The molecule has 0 aliphatic carbocycles. The molecule has 6 heteroatoms. The van der Waals surface area contributed by atoms with Crippen molar-refractivity contribution in [3.8, 4) is 11.3 Å². The van der Waals surface area contributed by atoms with Crippen molar-refractivity contribution in [1.82, 2.24) is 9.97 Å². The van der Waals surface area contributed by atoms with Gasteiger partial charge >= 0.3 is 0 Å². The Labute approximate surface area is 114 Å². The van der Waals surface area contributed by atoms with E-state index in [0.717, 1.165) is 0 Å². The third-order valence-electron chi connectivity index (χ3n) is 2.53. The van der Waals surface area contributed by atoms with E-state index in [1.165, 1.54) is 30.3 Å². The van der Waals surface area contributed by atoms with Crippen molar-refractivity contribution in [1.29, 1.82) is 0 Å². The van der Waals surface area contributed by atoms with Crippen molar-refractivity contribution < 1.29 is 13.2 Å². The molecule has 0 amide bonds. The van der Waals surface area contributed by atoms with Gasteiger partial charge in [0.05, 0.1) is 5.69 Å². The third kappa shape index (κ3) is 3.46. The number of anilines is 1. The molecule has 0 aliphatic heterocycles. The number of halogens is 3. The monoisotopic (exact) mass is 281 g/mol. The fourth-order valence-electron chi connectivity index (χ4n) is 1.67. The lowest BCUT2D eigenvalue weighted by Crippen LogP contribution is -2.13. The van der Waals surface area contributed by atoms with Gasteiger partial charge < -0.3 is 5.32 Å². The molecule has 2 aromatic rings. The van der Waals surface area contributed by atoms with Crippen LogP contribution in [0.2, 0.25) is 0 Å². The van der Waals surface area contributed by atoms with Gasteiger partial charge in [0.1, 0.15) is 11.5 Å². The van der Waals surface area contributed by atoms with Crippen LogP contribution in [0.4, 0.5) is 19.1 Å². The third-order valence-corrected chi connectivity index (χ3v) is 2.53. The molecule has 0 unspecified atom stereocenters. The molecule has 1 aromatic heterocycles. The standard InChI is InChI=1S/C14H14F3N3/c1-8(2)18-14-19-11(7-12(20-14)13(16)17)9-3-5-10(15)6-4-9/h3-8,13H,1-2H3,(H,18,19,20). The van der Waals surface area contributed by atoms with Gasteiger partial charge in [-0.1, -0.05) is 0 Å². The van der Waals surface area contributed by atoms with Gasteiger partial charge in [-0.05, 0) is 44.2 Å². The minimum Gasteiger partial charge on any atom is -0.352 e. The van der Waals surface area contributed by atoms with E-state index in [9.17, 15) is 13.2 Å². The number of rotatable bonds is 4. The van der Waals surface area contributed by atoms with Crippen LogP contribution in [-0.2, 0) is 0 Å². The minimum atomic E-state index is -2.69. The van der Waals surface area contributed by atoms with Gasteiger partial charge in [0.2, 0.25) is 5.95 Å². The van der Waals surface area contributed by atoms with E-state index >= 15 is 0 Å². The van der Waals surface area contributed by atoms with Crippen LogP contribution in [0.3, 0.4) is 0 Å². The smallest absolute Gasteiger partial charge is 0.280 e. The summed E-state index contributed by atoms with van der Waals surface area (Å²) in [6, 6.07) is 6.73. The van der Waals surface area contributed by atoms with Crippen molar-refractivity contribution in [3.63, 3.8) is 0 Å². The second-order valence-corrected chi connectivity index (χ2v) is 4.61. The largest absolute Gasteiger partial charge is 0.352 e. The predicted molar refractivity (Wildman–Crippen MR) is 71.1 cm³/mol. The molecule has 0 atom stereocenters. The van der Waals surface area contributed by atoms with E-state index < -0.39 is 12.2 Å². The highest BCUT2D eigenvalue weighted by Crippen LogP contribution is 2.24. The Hall–Kier alpha value is -2.11. The zero-order valence-corrected chi connectivity index (χ0v) is 11.1. The van der Waals surface area contributed by atoms with Gasteiger partial charge in [0.15, 0.2) is 0 Å². The van der Waals surface area contributed by atoms with E-state index in [1.54, 1.807) is 0 Å². The van der Waals surface area contributed by atoms with Gasteiger partial charge in [-0.3, -0.25) is 0 Å². The van der Waals surface area contributed by atoms with Gasteiger partial charge in [0.25, 0.3) is 6.43 Å². The van der Waals surface area contributed by atoms with Gasteiger partial charge in [0, 0.05) is 11.6 Å². The normalized spacial score (nSPS) is 11.2. The fraction of sp³-hybridized carbons (Fsp3) is 0.286. The van der Waals surface area contributed by atoms with Crippen LogP contribution in [0.15, 0.2) is 30.3 Å². The summed E-state index contributed by atoms with van der Waals surface area (Å²) in [5, 5.41) is 2.89. The Balaban J connectivity index is 2.45. The number of nitrogens with zero attached hydrogens (tertiary/aromatic N) is 2. The van der Waals surface area contributed by atoms with Gasteiger partial charge in [-0.15, -0.1) is 0 Å². The molecule has 0 spiro atoms. The zero-order chi connectivity index (χ0) is 14.7. The maximum absolute atomic E-state index is 12.9. The summed E-state index contributed by atoms with van der Waals surface area (Å²) < 4.78 is 38.6. The molecule has 1 aromatic carbocycles. The van der Waals surface area contributed by atoms with Crippen molar-refractivity contribution in [2.75, 3.05) is 5.32 Å². The zero-order valence-electron chi connectivity index (χ0n) is 11.1. The van der Waals surface area contributed by atoms with Crippen molar-refractivity contribution in [3.05, 3.63) is 41.8 Å². The van der Waals surface area contributed by atoms with Crippen molar-refractivity contribution in [2.24, 2.45) is 0 Å².